The molecule has 0 saturated carbocycles. The lowest BCUT2D eigenvalue weighted by Gasteiger charge is -2.22. The first kappa shape index (κ1) is 11.1. The zero-order valence-corrected chi connectivity index (χ0v) is 8.46. The summed E-state index contributed by atoms with van der Waals surface area (Å²) in [5, 5.41) is 9.80. The molecule has 0 amide bonds. The number of hydrogen-bond donors (Lipinski definition) is 1. The highest BCUT2D eigenvalue weighted by Gasteiger charge is 2.22. The van der Waals surface area contributed by atoms with E-state index in [1.807, 2.05) is 0 Å². The lowest BCUT2D eigenvalue weighted by molar-refractivity contribution is -0.0166. The third-order valence-electron chi connectivity index (χ3n) is 1.98. The number of hydrogen-bond acceptors (Lipinski definition) is 2. The van der Waals surface area contributed by atoms with E-state index in [1.54, 1.807) is 25.1 Å². The lowest BCUT2D eigenvalue weighted by atomic mass is 9.97. The molecule has 0 spiro atoms. The van der Waals surface area contributed by atoms with Crippen LogP contribution in [-0.2, 0) is 11.2 Å². The minimum Gasteiger partial charge on any atom is -0.387 e. The molecule has 0 heterocycles. The summed E-state index contributed by atoms with van der Waals surface area (Å²) in [6, 6.07) is 6.43. The Balaban J connectivity index is 2.73. The molecule has 0 aliphatic rings. The lowest BCUT2D eigenvalue weighted by Crippen LogP contribution is -2.33. The van der Waals surface area contributed by atoms with Gasteiger partial charge in [0.2, 0.25) is 0 Å². The summed E-state index contributed by atoms with van der Waals surface area (Å²) < 4.78 is 18.1. The van der Waals surface area contributed by atoms with Crippen molar-refractivity contribution in [3.8, 4) is 0 Å². The molecule has 0 saturated heterocycles. The number of rotatable bonds is 4. The van der Waals surface area contributed by atoms with Crippen molar-refractivity contribution in [3.63, 3.8) is 0 Å². The second-order valence-corrected chi connectivity index (χ2v) is 3.70. The zero-order valence-electron chi connectivity index (χ0n) is 8.46. The van der Waals surface area contributed by atoms with Crippen LogP contribution >= 0.6 is 0 Å². The van der Waals surface area contributed by atoms with Crippen LogP contribution in [0, 0.1) is 5.82 Å². The monoisotopic (exact) mass is 198 g/mol. The van der Waals surface area contributed by atoms with E-state index in [9.17, 15) is 9.50 Å². The molecule has 1 N–H and O–H groups in total. The second-order valence-electron chi connectivity index (χ2n) is 3.70. The van der Waals surface area contributed by atoms with Gasteiger partial charge in [-0.15, -0.1) is 0 Å². The molecule has 1 atom stereocenters. The molecular formula is C11H15FO2. The van der Waals surface area contributed by atoms with E-state index in [0.717, 1.165) is 0 Å². The Morgan fingerprint density at radius 1 is 1.43 bits per heavy atom. The van der Waals surface area contributed by atoms with Crippen molar-refractivity contribution < 1.29 is 14.2 Å². The first-order chi connectivity index (χ1) is 6.55. The molecule has 0 aliphatic heterocycles. The third-order valence-corrected chi connectivity index (χ3v) is 1.98. The number of aliphatic hydroxyl groups is 1. The average Bonchev–Trinajstić information content (AvgIpc) is 2.08. The Labute approximate surface area is 83.3 Å². The van der Waals surface area contributed by atoms with Crippen LogP contribution in [0.15, 0.2) is 24.3 Å². The van der Waals surface area contributed by atoms with E-state index in [4.69, 9.17) is 4.74 Å². The normalized spacial score (nSPS) is 15.1. The van der Waals surface area contributed by atoms with E-state index in [0.29, 0.717) is 5.56 Å². The molecule has 2 nitrogen and oxygen atoms in total. The van der Waals surface area contributed by atoms with Gasteiger partial charge in [0.1, 0.15) is 5.82 Å². The van der Waals surface area contributed by atoms with E-state index in [-0.39, 0.29) is 18.8 Å². The molecule has 1 aromatic carbocycles. The van der Waals surface area contributed by atoms with E-state index in [2.05, 4.69) is 0 Å². The minimum atomic E-state index is -1.02. The van der Waals surface area contributed by atoms with Gasteiger partial charge in [-0.2, -0.15) is 0 Å². The molecule has 0 fully saturated rings. The summed E-state index contributed by atoms with van der Waals surface area (Å²) in [4.78, 5) is 0. The quantitative estimate of drug-likeness (QED) is 0.798. The van der Waals surface area contributed by atoms with Gasteiger partial charge in [0, 0.05) is 13.5 Å². The molecule has 0 bridgehead atoms. The average molecular weight is 198 g/mol. The number of benzene rings is 1. The van der Waals surface area contributed by atoms with Crippen molar-refractivity contribution in [3.05, 3.63) is 35.6 Å². The minimum absolute atomic E-state index is 0.196. The Morgan fingerprint density at radius 3 is 2.64 bits per heavy atom. The zero-order chi connectivity index (χ0) is 10.6. The summed E-state index contributed by atoms with van der Waals surface area (Å²) in [5.74, 6) is -0.288. The molecule has 0 aliphatic carbocycles. The van der Waals surface area contributed by atoms with Gasteiger partial charge in [-0.05, 0) is 18.6 Å². The molecule has 78 valence electrons. The number of methoxy groups -OCH3 is 1. The Hall–Kier alpha value is -0.930. The van der Waals surface area contributed by atoms with Crippen LogP contribution in [-0.4, -0.2) is 24.4 Å². The van der Waals surface area contributed by atoms with Crippen LogP contribution in [0.5, 0.6) is 0 Å². The van der Waals surface area contributed by atoms with E-state index in [1.165, 1.54) is 13.2 Å². The van der Waals surface area contributed by atoms with Crippen LogP contribution in [0.3, 0.4) is 0 Å². The van der Waals surface area contributed by atoms with Crippen LogP contribution in [0.4, 0.5) is 4.39 Å². The SMILES string of the molecule is COCC(C)(O)Cc1ccccc1F. The van der Waals surface area contributed by atoms with Crippen LogP contribution in [0.1, 0.15) is 12.5 Å². The van der Waals surface area contributed by atoms with Gasteiger partial charge in [-0.3, -0.25) is 0 Å². The van der Waals surface area contributed by atoms with Crippen molar-refractivity contribution in [2.45, 2.75) is 18.9 Å². The van der Waals surface area contributed by atoms with Crippen molar-refractivity contribution in [2.24, 2.45) is 0 Å². The predicted molar refractivity (Wildman–Crippen MR) is 52.6 cm³/mol. The summed E-state index contributed by atoms with van der Waals surface area (Å²) in [6.07, 6.45) is 0.257. The molecule has 1 rings (SSSR count). The first-order valence-corrected chi connectivity index (χ1v) is 4.50. The maximum atomic E-state index is 13.2. The summed E-state index contributed by atoms with van der Waals surface area (Å²) in [7, 11) is 1.51. The molecule has 0 aromatic heterocycles. The van der Waals surface area contributed by atoms with Gasteiger partial charge in [-0.1, -0.05) is 18.2 Å². The Morgan fingerprint density at radius 2 is 2.07 bits per heavy atom. The molecule has 3 heteroatoms. The fourth-order valence-corrected chi connectivity index (χ4v) is 1.41. The molecule has 0 radical (unpaired) electrons. The first-order valence-electron chi connectivity index (χ1n) is 4.50. The van der Waals surface area contributed by atoms with Crippen LogP contribution in [0.2, 0.25) is 0 Å². The highest BCUT2D eigenvalue weighted by Crippen LogP contribution is 2.16. The maximum absolute atomic E-state index is 13.2. The second kappa shape index (κ2) is 4.53. The van der Waals surface area contributed by atoms with Crippen LogP contribution in [0.25, 0.3) is 0 Å². The fourth-order valence-electron chi connectivity index (χ4n) is 1.41. The van der Waals surface area contributed by atoms with Crippen molar-refractivity contribution in [2.75, 3.05) is 13.7 Å². The van der Waals surface area contributed by atoms with Crippen molar-refractivity contribution >= 4 is 0 Å². The van der Waals surface area contributed by atoms with Gasteiger partial charge in [0.15, 0.2) is 0 Å². The molecule has 1 aromatic rings. The maximum Gasteiger partial charge on any atom is 0.126 e. The predicted octanol–water partition coefficient (Wildman–Crippen LogP) is 1.77. The highest BCUT2D eigenvalue weighted by molar-refractivity contribution is 5.19. The van der Waals surface area contributed by atoms with Gasteiger partial charge >= 0.3 is 0 Å². The summed E-state index contributed by atoms with van der Waals surface area (Å²) >= 11 is 0. The van der Waals surface area contributed by atoms with Gasteiger partial charge < -0.3 is 9.84 Å². The molecule has 14 heavy (non-hydrogen) atoms. The molecular weight excluding hydrogens is 183 g/mol. The number of ether oxygens (including phenoxy) is 1. The summed E-state index contributed by atoms with van der Waals surface area (Å²) in [5.41, 5.74) is -0.508. The van der Waals surface area contributed by atoms with Crippen LogP contribution < -0.4 is 0 Å². The van der Waals surface area contributed by atoms with Crippen molar-refractivity contribution in [1.82, 2.24) is 0 Å². The fraction of sp³-hybridized carbons (Fsp3) is 0.455. The third kappa shape index (κ3) is 3.09. The highest BCUT2D eigenvalue weighted by atomic mass is 19.1. The van der Waals surface area contributed by atoms with E-state index >= 15 is 0 Å². The number of halogens is 1. The van der Waals surface area contributed by atoms with Gasteiger partial charge in [-0.25, -0.2) is 4.39 Å². The smallest absolute Gasteiger partial charge is 0.126 e. The Bertz CT molecular complexity index is 297. The Kier molecular flexibility index (Phi) is 3.61. The van der Waals surface area contributed by atoms with E-state index < -0.39 is 5.60 Å². The summed E-state index contributed by atoms with van der Waals surface area (Å²) in [6.45, 7) is 1.82. The van der Waals surface area contributed by atoms with Crippen molar-refractivity contribution in [1.29, 1.82) is 0 Å². The standard InChI is InChI=1S/C11H15FO2/c1-11(13,8-14-2)7-9-5-3-4-6-10(9)12/h3-6,13H,7-8H2,1-2H3. The largest absolute Gasteiger partial charge is 0.387 e. The van der Waals surface area contributed by atoms with Gasteiger partial charge in [0.05, 0.1) is 12.2 Å². The topological polar surface area (TPSA) is 29.5 Å². The molecule has 1 unspecified atom stereocenters. The van der Waals surface area contributed by atoms with Gasteiger partial charge in [0.25, 0.3) is 0 Å².